The molecular weight excluding hydrogens is 324 g/mol. The maximum Gasteiger partial charge on any atom is 0.0136 e. The summed E-state index contributed by atoms with van der Waals surface area (Å²) in [4.78, 5) is 0. The van der Waals surface area contributed by atoms with E-state index in [0.29, 0.717) is 11.8 Å². The smallest absolute Gasteiger partial charge is 0.0136 e. The van der Waals surface area contributed by atoms with Gasteiger partial charge in [-0.15, -0.1) is 0 Å². The van der Waals surface area contributed by atoms with Gasteiger partial charge in [0.25, 0.3) is 0 Å². The van der Waals surface area contributed by atoms with E-state index in [2.05, 4.69) is 79.7 Å². The van der Waals surface area contributed by atoms with Crippen LogP contribution < -0.4 is 0 Å². The van der Waals surface area contributed by atoms with Crippen molar-refractivity contribution in [2.45, 2.75) is 38.0 Å². The average molecular weight is 348 g/mol. The van der Waals surface area contributed by atoms with Gasteiger partial charge in [0.2, 0.25) is 0 Å². The summed E-state index contributed by atoms with van der Waals surface area (Å²) in [6.07, 6.45) is 3.87. The molecule has 3 atom stereocenters. The van der Waals surface area contributed by atoms with Gasteiger partial charge in [-0.25, -0.2) is 0 Å². The summed E-state index contributed by atoms with van der Waals surface area (Å²) in [5, 5.41) is 5.71. The van der Waals surface area contributed by atoms with E-state index in [0.717, 1.165) is 5.92 Å². The van der Waals surface area contributed by atoms with Crippen LogP contribution in [0.2, 0.25) is 0 Å². The van der Waals surface area contributed by atoms with Gasteiger partial charge in [-0.1, -0.05) is 79.7 Å². The van der Waals surface area contributed by atoms with Crippen LogP contribution in [0.4, 0.5) is 0 Å². The standard InChI is InChI=1S/C27H24/c1-17-16-21-13-12-20-11-10-18-6-2-4-8-23(18)25(20)26(21)27-22(17)15-14-19-7-3-5-9-24(19)27/h2-11,14-15,17,21,26H,12-13,16H2,1H3/t17-,21+,26+/m0/s1. The highest BCUT2D eigenvalue weighted by Crippen LogP contribution is 2.54. The highest BCUT2D eigenvalue weighted by Gasteiger charge is 2.39. The van der Waals surface area contributed by atoms with E-state index in [1.54, 1.807) is 22.3 Å². The minimum Gasteiger partial charge on any atom is -0.0616 e. The largest absolute Gasteiger partial charge is 0.0616 e. The third-order valence-electron chi connectivity index (χ3n) is 7.13. The second-order valence-corrected chi connectivity index (χ2v) is 8.56. The second-order valence-electron chi connectivity index (χ2n) is 8.56. The predicted octanol–water partition coefficient (Wildman–Crippen LogP) is 7.19. The molecule has 0 bridgehead atoms. The van der Waals surface area contributed by atoms with Gasteiger partial charge in [0.15, 0.2) is 0 Å². The zero-order valence-electron chi connectivity index (χ0n) is 15.8. The minimum absolute atomic E-state index is 0.539. The van der Waals surface area contributed by atoms with Crippen LogP contribution in [-0.2, 0) is 6.42 Å². The fourth-order valence-corrected chi connectivity index (χ4v) is 5.97. The van der Waals surface area contributed by atoms with Crippen LogP contribution in [0.1, 0.15) is 53.9 Å². The molecule has 0 radical (unpaired) electrons. The number of hydrogen-bond donors (Lipinski definition) is 0. The quantitative estimate of drug-likeness (QED) is 0.315. The van der Waals surface area contributed by atoms with Gasteiger partial charge in [0.1, 0.15) is 0 Å². The second kappa shape index (κ2) is 5.70. The van der Waals surface area contributed by atoms with Crippen LogP contribution in [0.5, 0.6) is 0 Å². The molecule has 2 aliphatic rings. The fraction of sp³-hybridized carbons (Fsp3) is 0.259. The molecule has 4 aromatic carbocycles. The molecule has 0 saturated carbocycles. The Hall–Kier alpha value is -2.60. The lowest BCUT2D eigenvalue weighted by molar-refractivity contribution is 0.339. The van der Waals surface area contributed by atoms with E-state index in [4.69, 9.17) is 0 Å². The number of benzene rings is 4. The fourth-order valence-electron chi connectivity index (χ4n) is 5.97. The molecule has 132 valence electrons. The van der Waals surface area contributed by atoms with Gasteiger partial charge in [0.05, 0.1) is 0 Å². The average Bonchev–Trinajstić information content (AvgIpc) is 2.73. The van der Waals surface area contributed by atoms with Gasteiger partial charge < -0.3 is 0 Å². The van der Waals surface area contributed by atoms with E-state index in [1.807, 2.05) is 0 Å². The number of fused-ring (bicyclic) bond motifs is 9. The molecule has 0 nitrogen and oxygen atoms in total. The normalized spacial score (nSPS) is 23.7. The molecule has 0 heterocycles. The maximum absolute atomic E-state index is 2.43. The molecule has 27 heavy (non-hydrogen) atoms. The summed E-state index contributed by atoms with van der Waals surface area (Å²) >= 11 is 0. The van der Waals surface area contributed by atoms with Crippen molar-refractivity contribution in [3.63, 3.8) is 0 Å². The van der Waals surface area contributed by atoms with Crippen LogP contribution in [0, 0.1) is 5.92 Å². The molecule has 0 spiro atoms. The van der Waals surface area contributed by atoms with Crippen LogP contribution in [0.25, 0.3) is 21.5 Å². The summed E-state index contributed by atoms with van der Waals surface area (Å²) in [6, 6.07) is 27.5. The highest BCUT2D eigenvalue weighted by molar-refractivity contribution is 5.92. The summed E-state index contributed by atoms with van der Waals surface area (Å²) in [6.45, 7) is 2.43. The van der Waals surface area contributed by atoms with E-state index in [-0.39, 0.29) is 0 Å². The Morgan fingerprint density at radius 2 is 1.37 bits per heavy atom. The van der Waals surface area contributed by atoms with Crippen molar-refractivity contribution in [1.29, 1.82) is 0 Å². The Morgan fingerprint density at radius 1 is 0.704 bits per heavy atom. The zero-order valence-corrected chi connectivity index (χ0v) is 15.8. The zero-order chi connectivity index (χ0) is 18.0. The molecular formula is C27H24. The summed E-state index contributed by atoms with van der Waals surface area (Å²) in [5.41, 5.74) is 6.39. The minimum atomic E-state index is 0.539. The Labute approximate surface area is 160 Å². The number of hydrogen-bond acceptors (Lipinski definition) is 0. The molecule has 0 aromatic heterocycles. The third kappa shape index (κ3) is 2.16. The van der Waals surface area contributed by atoms with Gasteiger partial charge in [0, 0.05) is 5.92 Å². The van der Waals surface area contributed by atoms with Crippen molar-refractivity contribution in [1.82, 2.24) is 0 Å². The molecule has 4 aromatic rings. The molecule has 0 heteroatoms. The lowest BCUT2D eigenvalue weighted by Crippen LogP contribution is -2.29. The van der Waals surface area contributed by atoms with Crippen LogP contribution in [0.3, 0.4) is 0 Å². The van der Waals surface area contributed by atoms with Crippen molar-refractivity contribution in [2.24, 2.45) is 5.92 Å². The predicted molar refractivity (Wildman–Crippen MR) is 115 cm³/mol. The topological polar surface area (TPSA) is 0 Å². The lowest BCUT2D eigenvalue weighted by Gasteiger charge is -2.42. The SMILES string of the molecule is C[C@H]1C[C@H]2CCc3ccc4ccccc4c3[C@@H]2c2c1ccc1ccccc21. The molecule has 0 fully saturated rings. The van der Waals surface area contributed by atoms with Crippen molar-refractivity contribution in [2.75, 3.05) is 0 Å². The highest BCUT2D eigenvalue weighted by atomic mass is 14.4. The Bertz CT molecular complexity index is 1180. The van der Waals surface area contributed by atoms with E-state index in [1.165, 1.54) is 40.8 Å². The van der Waals surface area contributed by atoms with Gasteiger partial charge in [-0.3, -0.25) is 0 Å². The molecule has 0 aliphatic heterocycles. The van der Waals surface area contributed by atoms with Crippen molar-refractivity contribution >= 4 is 21.5 Å². The van der Waals surface area contributed by atoms with E-state index in [9.17, 15) is 0 Å². The number of aryl methyl sites for hydroxylation is 1. The van der Waals surface area contributed by atoms with Crippen molar-refractivity contribution in [3.8, 4) is 0 Å². The summed E-state index contributed by atoms with van der Waals surface area (Å²) < 4.78 is 0. The Morgan fingerprint density at radius 3 is 2.15 bits per heavy atom. The molecule has 6 rings (SSSR count). The van der Waals surface area contributed by atoms with Gasteiger partial charge in [-0.2, -0.15) is 0 Å². The van der Waals surface area contributed by atoms with Crippen molar-refractivity contribution in [3.05, 3.63) is 95.1 Å². The monoisotopic (exact) mass is 348 g/mol. The van der Waals surface area contributed by atoms with E-state index >= 15 is 0 Å². The summed E-state index contributed by atoms with van der Waals surface area (Å²) in [5.74, 6) is 1.95. The van der Waals surface area contributed by atoms with E-state index < -0.39 is 0 Å². The van der Waals surface area contributed by atoms with Crippen LogP contribution in [0.15, 0.2) is 72.8 Å². The van der Waals surface area contributed by atoms with Crippen molar-refractivity contribution < 1.29 is 0 Å². The van der Waals surface area contributed by atoms with Gasteiger partial charge >= 0.3 is 0 Å². The first-order valence-electron chi connectivity index (χ1n) is 10.3. The van der Waals surface area contributed by atoms with Crippen LogP contribution >= 0.6 is 0 Å². The molecule has 0 N–H and O–H groups in total. The first kappa shape index (κ1) is 15.5. The summed E-state index contributed by atoms with van der Waals surface area (Å²) in [7, 11) is 0. The molecule has 0 amide bonds. The Kier molecular flexibility index (Phi) is 3.26. The lowest BCUT2D eigenvalue weighted by atomic mass is 9.61. The Balaban J connectivity index is 1.73. The number of rotatable bonds is 0. The first-order valence-corrected chi connectivity index (χ1v) is 10.3. The molecule has 0 unspecified atom stereocenters. The van der Waals surface area contributed by atoms with Crippen LogP contribution in [-0.4, -0.2) is 0 Å². The van der Waals surface area contributed by atoms with Gasteiger partial charge in [-0.05, 0) is 74.9 Å². The molecule has 2 aliphatic carbocycles. The first-order chi connectivity index (χ1) is 13.3. The third-order valence-corrected chi connectivity index (χ3v) is 7.13. The maximum atomic E-state index is 2.43. The molecule has 0 saturated heterocycles.